The van der Waals surface area contributed by atoms with Crippen LogP contribution in [0.25, 0.3) is 0 Å². The molecule has 1 heterocycles. The van der Waals surface area contributed by atoms with Gasteiger partial charge in [0.2, 0.25) is 0 Å². The van der Waals surface area contributed by atoms with Crippen molar-refractivity contribution in [1.82, 2.24) is 0 Å². The first-order valence-electron chi connectivity index (χ1n) is 6.76. The van der Waals surface area contributed by atoms with Crippen LogP contribution in [0.15, 0.2) is 36.4 Å². The highest BCUT2D eigenvalue weighted by Gasteiger charge is 2.25. The molecule has 0 saturated carbocycles. The van der Waals surface area contributed by atoms with E-state index in [0.29, 0.717) is 17.1 Å². The molecular formula is C16H12F2N2O3. The van der Waals surface area contributed by atoms with E-state index in [2.05, 4.69) is 5.32 Å². The molecule has 3 rings (SSSR count). The summed E-state index contributed by atoms with van der Waals surface area (Å²) >= 11 is 0. The first kappa shape index (κ1) is 15.0. The lowest BCUT2D eigenvalue weighted by Gasteiger charge is -2.28. The average molecular weight is 318 g/mol. The lowest BCUT2D eigenvalue weighted by Crippen LogP contribution is -2.36. The number of anilines is 2. The number of halogens is 2. The van der Waals surface area contributed by atoms with Crippen molar-refractivity contribution >= 4 is 23.2 Å². The normalized spacial score (nSPS) is 13.3. The summed E-state index contributed by atoms with van der Waals surface area (Å²) in [6, 6.07) is 7.79. The van der Waals surface area contributed by atoms with E-state index < -0.39 is 17.5 Å². The number of rotatable bonds is 2. The average Bonchev–Trinajstić information content (AvgIpc) is 2.53. The molecule has 0 unspecified atom stereocenters. The van der Waals surface area contributed by atoms with Crippen LogP contribution in [0.5, 0.6) is 5.75 Å². The number of benzene rings is 2. The number of fused-ring (bicyclic) bond motifs is 1. The molecule has 1 aliphatic heterocycles. The topological polar surface area (TPSA) is 58.6 Å². The molecule has 0 spiro atoms. The summed E-state index contributed by atoms with van der Waals surface area (Å²) in [6.45, 7) is -0.0793. The summed E-state index contributed by atoms with van der Waals surface area (Å²) in [5.74, 6) is -2.56. The zero-order valence-electron chi connectivity index (χ0n) is 12.1. The van der Waals surface area contributed by atoms with E-state index in [0.717, 1.165) is 12.1 Å². The van der Waals surface area contributed by atoms with Gasteiger partial charge >= 0.3 is 0 Å². The fraction of sp³-hybridized carbons (Fsp3) is 0.125. The van der Waals surface area contributed by atoms with Gasteiger partial charge in [-0.2, -0.15) is 0 Å². The fourth-order valence-electron chi connectivity index (χ4n) is 2.28. The number of nitrogens with zero attached hydrogens (tertiary/aromatic N) is 1. The minimum atomic E-state index is -1.11. The van der Waals surface area contributed by atoms with Crippen LogP contribution in [0.3, 0.4) is 0 Å². The van der Waals surface area contributed by atoms with Crippen molar-refractivity contribution in [3.63, 3.8) is 0 Å². The molecule has 0 atom stereocenters. The Morgan fingerprint density at radius 2 is 2.00 bits per heavy atom. The summed E-state index contributed by atoms with van der Waals surface area (Å²) in [4.78, 5) is 25.3. The molecule has 0 bridgehead atoms. The van der Waals surface area contributed by atoms with Gasteiger partial charge in [0.15, 0.2) is 18.2 Å². The summed E-state index contributed by atoms with van der Waals surface area (Å²) in [7, 11) is 1.57. The van der Waals surface area contributed by atoms with Crippen LogP contribution < -0.4 is 15.0 Å². The van der Waals surface area contributed by atoms with Crippen LogP contribution in [0.2, 0.25) is 0 Å². The van der Waals surface area contributed by atoms with Crippen molar-refractivity contribution in [2.45, 2.75) is 0 Å². The Balaban J connectivity index is 1.93. The Morgan fingerprint density at radius 1 is 1.22 bits per heavy atom. The quantitative estimate of drug-likeness (QED) is 0.926. The van der Waals surface area contributed by atoms with E-state index in [-0.39, 0.29) is 18.1 Å². The van der Waals surface area contributed by atoms with Crippen LogP contribution in [0.1, 0.15) is 10.4 Å². The first-order valence-corrected chi connectivity index (χ1v) is 6.76. The van der Waals surface area contributed by atoms with Gasteiger partial charge in [0.05, 0.1) is 5.69 Å². The molecule has 7 heteroatoms. The molecule has 0 aromatic heterocycles. The second-order valence-electron chi connectivity index (χ2n) is 4.98. The third-order valence-electron chi connectivity index (χ3n) is 3.49. The number of ether oxygens (including phenoxy) is 1. The van der Waals surface area contributed by atoms with Gasteiger partial charge in [-0.25, -0.2) is 8.78 Å². The Bertz CT molecular complexity index is 808. The van der Waals surface area contributed by atoms with E-state index in [1.165, 1.54) is 11.0 Å². The number of likely N-dealkylation sites (N-methyl/N-ethyl adjacent to an activating group) is 1. The molecule has 2 aromatic rings. The van der Waals surface area contributed by atoms with Crippen molar-refractivity contribution in [2.24, 2.45) is 0 Å². The van der Waals surface area contributed by atoms with Gasteiger partial charge in [-0.1, -0.05) is 6.07 Å². The van der Waals surface area contributed by atoms with Crippen molar-refractivity contribution in [3.8, 4) is 5.75 Å². The smallest absolute Gasteiger partial charge is 0.264 e. The molecule has 0 saturated heterocycles. The molecule has 0 aliphatic carbocycles. The van der Waals surface area contributed by atoms with Crippen LogP contribution in [0.4, 0.5) is 20.2 Å². The number of hydrogen-bond donors (Lipinski definition) is 1. The highest BCUT2D eigenvalue weighted by Crippen LogP contribution is 2.38. The molecule has 1 N–H and O–H groups in total. The molecule has 2 amide bonds. The van der Waals surface area contributed by atoms with Crippen molar-refractivity contribution in [3.05, 3.63) is 53.6 Å². The Labute approximate surface area is 130 Å². The van der Waals surface area contributed by atoms with Gasteiger partial charge in [-0.05, 0) is 30.3 Å². The molecule has 118 valence electrons. The van der Waals surface area contributed by atoms with Gasteiger partial charge in [-0.3, -0.25) is 9.59 Å². The number of carbonyl (C=O) groups is 2. The lowest BCUT2D eigenvalue weighted by atomic mass is 10.1. The fourth-order valence-corrected chi connectivity index (χ4v) is 2.28. The van der Waals surface area contributed by atoms with Crippen molar-refractivity contribution in [1.29, 1.82) is 0 Å². The standard InChI is InChI=1S/C16H12F2N2O3/c1-20-14(21)8-23-13-4-2-3-12(15(13)20)19-16(22)9-5-6-10(17)11(18)7-9/h2-7H,8H2,1H3,(H,19,22). The zero-order chi connectivity index (χ0) is 16.6. The maximum absolute atomic E-state index is 13.2. The number of amides is 2. The minimum absolute atomic E-state index is 0.0350. The van der Waals surface area contributed by atoms with Crippen molar-refractivity contribution < 1.29 is 23.1 Å². The van der Waals surface area contributed by atoms with Crippen LogP contribution in [0, 0.1) is 11.6 Å². The molecule has 5 nitrogen and oxygen atoms in total. The summed E-state index contributed by atoms with van der Waals surface area (Å²) in [5, 5.41) is 2.58. The third kappa shape index (κ3) is 2.73. The number of hydrogen-bond acceptors (Lipinski definition) is 3. The molecule has 0 radical (unpaired) electrons. The summed E-state index contributed by atoms with van der Waals surface area (Å²) in [5.41, 5.74) is 0.722. The largest absolute Gasteiger partial charge is 0.481 e. The van der Waals surface area contributed by atoms with Gasteiger partial charge in [-0.15, -0.1) is 0 Å². The maximum Gasteiger partial charge on any atom is 0.264 e. The first-order chi connectivity index (χ1) is 11.0. The van der Waals surface area contributed by atoms with Crippen LogP contribution in [-0.2, 0) is 4.79 Å². The molecular weight excluding hydrogens is 306 g/mol. The lowest BCUT2D eigenvalue weighted by molar-refractivity contribution is -0.120. The second kappa shape index (κ2) is 5.68. The second-order valence-corrected chi connectivity index (χ2v) is 4.98. The zero-order valence-corrected chi connectivity index (χ0v) is 12.1. The maximum atomic E-state index is 13.2. The van der Waals surface area contributed by atoms with Gasteiger partial charge in [0.1, 0.15) is 11.4 Å². The summed E-state index contributed by atoms with van der Waals surface area (Å²) in [6.07, 6.45) is 0. The van der Waals surface area contributed by atoms with E-state index in [1.54, 1.807) is 25.2 Å². The highest BCUT2D eigenvalue weighted by molar-refractivity contribution is 6.09. The van der Waals surface area contributed by atoms with Crippen LogP contribution >= 0.6 is 0 Å². The minimum Gasteiger partial charge on any atom is -0.481 e. The predicted octanol–water partition coefficient (Wildman–Crippen LogP) is 2.57. The van der Waals surface area contributed by atoms with E-state index in [1.807, 2.05) is 0 Å². The molecule has 2 aromatic carbocycles. The highest BCUT2D eigenvalue weighted by atomic mass is 19.2. The predicted molar refractivity (Wildman–Crippen MR) is 79.7 cm³/mol. The van der Waals surface area contributed by atoms with E-state index >= 15 is 0 Å². The Morgan fingerprint density at radius 3 is 2.74 bits per heavy atom. The van der Waals surface area contributed by atoms with Crippen molar-refractivity contribution in [2.75, 3.05) is 23.9 Å². The third-order valence-corrected chi connectivity index (χ3v) is 3.49. The van der Waals surface area contributed by atoms with Gasteiger partial charge in [0.25, 0.3) is 11.8 Å². The van der Waals surface area contributed by atoms with Crippen LogP contribution in [-0.4, -0.2) is 25.5 Å². The number of para-hydroxylation sites is 1. The Hall–Kier alpha value is -2.96. The van der Waals surface area contributed by atoms with Gasteiger partial charge in [0, 0.05) is 12.6 Å². The molecule has 1 aliphatic rings. The van der Waals surface area contributed by atoms with E-state index in [4.69, 9.17) is 4.74 Å². The monoisotopic (exact) mass is 318 g/mol. The van der Waals surface area contributed by atoms with Gasteiger partial charge < -0.3 is 15.0 Å². The summed E-state index contributed by atoms with van der Waals surface area (Å²) < 4.78 is 31.5. The molecule has 23 heavy (non-hydrogen) atoms. The van der Waals surface area contributed by atoms with E-state index in [9.17, 15) is 18.4 Å². The Kier molecular flexibility index (Phi) is 3.69. The SMILES string of the molecule is CN1C(=O)COc2cccc(NC(=O)c3ccc(F)c(F)c3)c21. The number of nitrogens with one attached hydrogen (secondary N) is 1. The number of carbonyl (C=O) groups excluding carboxylic acids is 2. The molecule has 0 fully saturated rings.